The highest BCUT2D eigenvalue weighted by molar-refractivity contribution is 6.07. The van der Waals surface area contributed by atoms with Crippen LogP contribution in [0.15, 0.2) is 47.3 Å². The van der Waals surface area contributed by atoms with Crippen molar-refractivity contribution in [3.63, 3.8) is 0 Å². The lowest BCUT2D eigenvalue weighted by Crippen LogP contribution is -2.29. The maximum atomic E-state index is 12.5. The van der Waals surface area contributed by atoms with Gasteiger partial charge < -0.3 is 16.0 Å². The molecular weight excluding hydrogens is 266 g/mol. The summed E-state index contributed by atoms with van der Waals surface area (Å²) in [5.41, 5.74) is 7.03. The van der Waals surface area contributed by atoms with Crippen molar-refractivity contribution in [2.24, 2.45) is 5.73 Å². The molecule has 0 saturated heterocycles. The summed E-state index contributed by atoms with van der Waals surface area (Å²) in [4.78, 5) is 27.9. The molecule has 1 amide bonds. The van der Waals surface area contributed by atoms with E-state index in [9.17, 15) is 9.59 Å². The topological polar surface area (TPSA) is 88.0 Å². The molecule has 106 valence electrons. The van der Waals surface area contributed by atoms with Gasteiger partial charge in [0.05, 0.1) is 11.1 Å². The number of benzene rings is 2. The Morgan fingerprint density at radius 1 is 1.10 bits per heavy atom. The van der Waals surface area contributed by atoms with Crippen molar-refractivity contribution in [3.05, 3.63) is 58.3 Å². The second kappa shape index (κ2) is 5.38. The van der Waals surface area contributed by atoms with Crippen LogP contribution in [0.5, 0.6) is 0 Å². The van der Waals surface area contributed by atoms with Crippen LogP contribution in [0, 0.1) is 0 Å². The number of fused-ring (bicyclic) bond motifs is 2. The molecule has 0 aliphatic rings. The molecule has 3 aromatic rings. The Bertz CT molecular complexity index is 883. The average Bonchev–Trinajstić information content (AvgIpc) is 2.52. The van der Waals surface area contributed by atoms with E-state index >= 15 is 0 Å². The van der Waals surface area contributed by atoms with E-state index in [4.69, 9.17) is 5.73 Å². The normalized spacial score (nSPS) is 10.9. The first-order valence-electron chi connectivity index (χ1n) is 6.74. The molecule has 0 radical (unpaired) electrons. The van der Waals surface area contributed by atoms with Gasteiger partial charge in [0.1, 0.15) is 0 Å². The minimum atomic E-state index is -0.239. The lowest BCUT2D eigenvalue weighted by Gasteiger charge is -2.08. The summed E-state index contributed by atoms with van der Waals surface area (Å²) in [5.74, 6) is -0.239. The predicted molar refractivity (Wildman–Crippen MR) is 83.5 cm³/mol. The highest BCUT2D eigenvalue weighted by Crippen LogP contribution is 2.18. The smallest absolute Gasteiger partial charge is 0.253 e. The van der Waals surface area contributed by atoms with Gasteiger partial charge in [0.2, 0.25) is 0 Å². The zero-order chi connectivity index (χ0) is 14.8. The van der Waals surface area contributed by atoms with Crippen LogP contribution in [0.2, 0.25) is 0 Å². The number of hydrogen-bond donors (Lipinski definition) is 3. The van der Waals surface area contributed by atoms with Gasteiger partial charge in [-0.3, -0.25) is 9.59 Å². The van der Waals surface area contributed by atoms with Crippen LogP contribution in [-0.2, 0) is 0 Å². The fourth-order valence-electron chi connectivity index (χ4n) is 2.42. The summed E-state index contributed by atoms with van der Waals surface area (Å²) in [7, 11) is 0. The molecule has 1 heterocycles. The minimum Gasteiger partial charge on any atom is -0.354 e. The van der Waals surface area contributed by atoms with E-state index in [0.29, 0.717) is 40.5 Å². The van der Waals surface area contributed by atoms with Gasteiger partial charge in [-0.25, -0.2) is 0 Å². The number of hydrogen-bond acceptors (Lipinski definition) is 3. The van der Waals surface area contributed by atoms with Gasteiger partial charge in [-0.2, -0.15) is 0 Å². The average molecular weight is 281 g/mol. The molecule has 2 aromatic carbocycles. The van der Waals surface area contributed by atoms with Crippen LogP contribution in [0.4, 0.5) is 0 Å². The molecule has 21 heavy (non-hydrogen) atoms. The Morgan fingerprint density at radius 3 is 2.67 bits per heavy atom. The van der Waals surface area contributed by atoms with Crippen molar-refractivity contribution >= 4 is 27.7 Å². The Labute approximate surface area is 120 Å². The standard InChI is InChI=1S/C16H15N3O2/c17-8-9-18-16(21)12-6-3-5-11-14(12)19-13-7-2-1-4-10(13)15(11)20/h1-7H,8-9,17H2,(H,18,21)(H,19,20). The number of aromatic amines is 1. The molecule has 1 aromatic heterocycles. The van der Waals surface area contributed by atoms with Gasteiger partial charge in [0.25, 0.3) is 5.91 Å². The van der Waals surface area contributed by atoms with Crippen molar-refractivity contribution in [1.29, 1.82) is 0 Å². The highest BCUT2D eigenvalue weighted by atomic mass is 16.1. The van der Waals surface area contributed by atoms with E-state index in [-0.39, 0.29) is 11.3 Å². The number of carbonyl (C=O) groups excluding carboxylic acids is 1. The first-order chi connectivity index (χ1) is 10.2. The van der Waals surface area contributed by atoms with E-state index in [1.807, 2.05) is 18.2 Å². The van der Waals surface area contributed by atoms with Gasteiger partial charge in [0, 0.05) is 29.4 Å². The molecule has 0 saturated carbocycles. The summed E-state index contributed by atoms with van der Waals surface area (Å²) in [6.45, 7) is 0.767. The first-order valence-corrected chi connectivity index (χ1v) is 6.74. The summed E-state index contributed by atoms with van der Waals surface area (Å²) < 4.78 is 0. The molecule has 0 atom stereocenters. The number of amides is 1. The van der Waals surface area contributed by atoms with Crippen molar-refractivity contribution in [2.45, 2.75) is 0 Å². The van der Waals surface area contributed by atoms with Crippen molar-refractivity contribution in [2.75, 3.05) is 13.1 Å². The number of nitrogens with one attached hydrogen (secondary N) is 2. The van der Waals surface area contributed by atoms with Crippen molar-refractivity contribution in [3.8, 4) is 0 Å². The second-order valence-corrected chi connectivity index (χ2v) is 4.77. The highest BCUT2D eigenvalue weighted by Gasteiger charge is 2.13. The molecule has 0 bridgehead atoms. The molecule has 0 spiro atoms. The fraction of sp³-hybridized carbons (Fsp3) is 0.125. The third kappa shape index (κ3) is 2.28. The number of pyridine rings is 1. The minimum absolute atomic E-state index is 0.0761. The lowest BCUT2D eigenvalue weighted by molar-refractivity contribution is 0.0956. The van der Waals surface area contributed by atoms with E-state index in [1.54, 1.807) is 24.3 Å². The van der Waals surface area contributed by atoms with Gasteiger partial charge >= 0.3 is 0 Å². The summed E-state index contributed by atoms with van der Waals surface area (Å²) in [6.07, 6.45) is 0. The van der Waals surface area contributed by atoms with Crippen LogP contribution in [0.25, 0.3) is 21.8 Å². The van der Waals surface area contributed by atoms with Crippen molar-refractivity contribution in [1.82, 2.24) is 10.3 Å². The van der Waals surface area contributed by atoms with Crippen LogP contribution in [0.3, 0.4) is 0 Å². The van der Waals surface area contributed by atoms with Gasteiger partial charge in [0.15, 0.2) is 5.43 Å². The van der Waals surface area contributed by atoms with E-state index in [2.05, 4.69) is 10.3 Å². The SMILES string of the molecule is NCCNC(=O)c1cccc2c(=O)c3ccccc3[nH]c12. The number of carbonyl (C=O) groups is 1. The summed E-state index contributed by atoms with van der Waals surface area (Å²) in [6, 6.07) is 12.4. The molecular formula is C16H15N3O2. The molecule has 5 heteroatoms. The summed E-state index contributed by atoms with van der Waals surface area (Å²) in [5, 5.41) is 3.85. The fourth-order valence-corrected chi connectivity index (χ4v) is 2.42. The van der Waals surface area contributed by atoms with E-state index in [0.717, 1.165) is 0 Å². The second-order valence-electron chi connectivity index (χ2n) is 4.77. The van der Waals surface area contributed by atoms with Crippen LogP contribution in [-0.4, -0.2) is 24.0 Å². The predicted octanol–water partition coefficient (Wildman–Crippen LogP) is 1.37. The number of nitrogens with two attached hydrogens (primary N) is 1. The molecule has 5 nitrogen and oxygen atoms in total. The molecule has 0 fully saturated rings. The first kappa shape index (κ1) is 13.3. The number of para-hydroxylation sites is 2. The zero-order valence-corrected chi connectivity index (χ0v) is 11.3. The molecule has 0 unspecified atom stereocenters. The van der Waals surface area contributed by atoms with Crippen molar-refractivity contribution < 1.29 is 4.79 Å². The summed E-state index contributed by atoms with van der Waals surface area (Å²) >= 11 is 0. The molecule has 3 rings (SSSR count). The number of rotatable bonds is 3. The molecule has 4 N–H and O–H groups in total. The molecule has 0 aliphatic heterocycles. The lowest BCUT2D eigenvalue weighted by atomic mass is 10.1. The Balaban J connectivity index is 2.28. The van der Waals surface area contributed by atoms with Gasteiger partial charge in [-0.15, -0.1) is 0 Å². The van der Waals surface area contributed by atoms with E-state index in [1.165, 1.54) is 0 Å². The van der Waals surface area contributed by atoms with Gasteiger partial charge in [-0.05, 0) is 24.3 Å². The number of aromatic nitrogens is 1. The van der Waals surface area contributed by atoms with Crippen LogP contribution >= 0.6 is 0 Å². The molecule has 0 aliphatic carbocycles. The van der Waals surface area contributed by atoms with Crippen LogP contribution in [0.1, 0.15) is 10.4 Å². The largest absolute Gasteiger partial charge is 0.354 e. The number of H-pyrrole nitrogens is 1. The van der Waals surface area contributed by atoms with Gasteiger partial charge in [-0.1, -0.05) is 18.2 Å². The van der Waals surface area contributed by atoms with E-state index < -0.39 is 0 Å². The third-order valence-corrected chi connectivity index (χ3v) is 3.41. The Kier molecular flexibility index (Phi) is 3.41. The van der Waals surface area contributed by atoms with Crippen LogP contribution < -0.4 is 16.5 Å². The maximum Gasteiger partial charge on any atom is 0.253 e. The Hall–Kier alpha value is -2.66. The third-order valence-electron chi connectivity index (χ3n) is 3.41. The maximum absolute atomic E-state index is 12.5. The Morgan fingerprint density at radius 2 is 1.86 bits per heavy atom. The monoisotopic (exact) mass is 281 g/mol. The quantitative estimate of drug-likeness (QED) is 0.634. The zero-order valence-electron chi connectivity index (χ0n) is 11.3.